The van der Waals surface area contributed by atoms with Crippen LogP contribution in [0.2, 0.25) is 5.02 Å². The molecule has 0 saturated heterocycles. The molecule has 1 aliphatic heterocycles. The van der Waals surface area contributed by atoms with Gasteiger partial charge in [-0.15, -0.1) is 11.3 Å². The quantitative estimate of drug-likeness (QED) is 0.330. The van der Waals surface area contributed by atoms with E-state index in [1.165, 1.54) is 22.5 Å². The van der Waals surface area contributed by atoms with Crippen molar-refractivity contribution in [3.63, 3.8) is 0 Å². The Labute approximate surface area is 206 Å². The maximum atomic E-state index is 12.9. The van der Waals surface area contributed by atoms with Gasteiger partial charge in [0.05, 0.1) is 5.56 Å². The Morgan fingerprint density at radius 2 is 2.00 bits per heavy atom. The molecule has 2 heterocycles. The fourth-order valence-corrected chi connectivity index (χ4v) is 5.19. The molecular formula is C27H21ClN2O3S. The first-order valence-corrected chi connectivity index (χ1v) is 12.1. The number of ether oxygens (including phenoxy) is 1. The molecule has 1 amide bonds. The lowest BCUT2D eigenvalue weighted by molar-refractivity contribution is 0.0253. The Morgan fingerprint density at radius 3 is 2.82 bits per heavy atom. The maximum absolute atomic E-state index is 12.9. The van der Waals surface area contributed by atoms with E-state index in [2.05, 4.69) is 35.4 Å². The summed E-state index contributed by atoms with van der Waals surface area (Å²) in [4.78, 5) is 30.9. The topological polar surface area (TPSA) is 68.3 Å². The van der Waals surface area contributed by atoms with Crippen molar-refractivity contribution < 1.29 is 14.3 Å². The smallest absolute Gasteiger partial charge is 0.339 e. The predicted octanol–water partition coefficient (Wildman–Crippen LogP) is 6.40. The van der Waals surface area contributed by atoms with Crippen LogP contribution in [0.1, 0.15) is 54.0 Å². The average Bonchev–Trinajstić information content (AvgIpc) is 3.25. The normalized spacial score (nSPS) is 14.9. The molecular weight excluding hydrogens is 468 g/mol. The molecule has 3 aromatic carbocycles. The number of fused-ring (bicyclic) bond motifs is 1. The van der Waals surface area contributed by atoms with E-state index in [1.54, 1.807) is 30.5 Å². The largest absolute Gasteiger partial charge is 0.453 e. The summed E-state index contributed by atoms with van der Waals surface area (Å²) >= 11 is 7.76. The van der Waals surface area contributed by atoms with Crippen molar-refractivity contribution in [2.75, 3.05) is 5.32 Å². The van der Waals surface area contributed by atoms with E-state index in [0.29, 0.717) is 27.7 Å². The fourth-order valence-electron chi connectivity index (χ4n) is 4.09. The lowest BCUT2D eigenvalue weighted by Crippen LogP contribution is -2.23. The summed E-state index contributed by atoms with van der Waals surface area (Å²) in [6.45, 7) is 2.07. The number of carbonyl (C=O) groups excluding carboxylic acids is 2. The van der Waals surface area contributed by atoms with Gasteiger partial charge in [-0.3, -0.25) is 10.1 Å². The van der Waals surface area contributed by atoms with E-state index in [-0.39, 0.29) is 5.91 Å². The number of nitrogens with zero attached hydrogens (tertiary/aromatic N) is 1. The fraction of sp³-hybridized carbons (Fsp3) is 0.148. The summed E-state index contributed by atoms with van der Waals surface area (Å²) < 4.78 is 5.60. The first-order valence-electron chi connectivity index (χ1n) is 10.9. The molecule has 1 atom stereocenters. The number of aryl methyl sites for hydroxylation is 1. The van der Waals surface area contributed by atoms with Crippen molar-refractivity contribution in [1.29, 1.82) is 0 Å². The van der Waals surface area contributed by atoms with Gasteiger partial charge in [-0.1, -0.05) is 59.6 Å². The highest BCUT2D eigenvalue weighted by Gasteiger charge is 2.29. The van der Waals surface area contributed by atoms with Gasteiger partial charge >= 0.3 is 5.97 Å². The maximum Gasteiger partial charge on any atom is 0.339 e. The second kappa shape index (κ2) is 9.41. The van der Waals surface area contributed by atoms with E-state index in [4.69, 9.17) is 16.3 Å². The summed E-state index contributed by atoms with van der Waals surface area (Å²) in [5.41, 5.74) is 4.85. The average molecular weight is 489 g/mol. The van der Waals surface area contributed by atoms with Gasteiger partial charge in [-0.25, -0.2) is 9.78 Å². The lowest BCUT2D eigenvalue weighted by Gasteiger charge is -2.26. The Hall–Kier alpha value is -3.48. The lowest BCUT2D eigenvalue weighted by atomic mass is 9.93. The zero-order valence-electron chi connectivity index (χ0n) is 18.4. The van der Waals surface area contributed by atoms with E-state index >= 15 is 0 Å². The van der Waals surface area contributed by atoms with Gasteiger partial charge < -0.3 is 4.74 Å². The SMILES string of the molecule is Cc1cccc(Cc2cnc(NC(=O)c3ccc4c(c3)CC(c3ccccc3Cl)OC4=O)s2)c1. The Morgan fingerprint density at radius 1 is 1.15 bits per heavy atom. The number of hydrogen-bond acceptors (Lipinski definition) is 5. The first kappa shape index (κ1) is 22.3. The number of carbonyl (C=O) groups is 2. The van der Waals surface area contributed by atoms with Crippen LogP contribution >= 0.6 is 22.9 Å². The summed E-state index contributed by atoms with van der Waals surface area (Å²) in [7, 11) is 0. The molecule has 0 radical (unpaired) electrons. The van der Waals surface area contributed by atoms with Gasteiger partial charge in [0.15, 0.2) is 5.13 Å². The third-order valence-electron chi connectivity index (χ3n) is 5.73. The number of rotatable bonds is 5. The molecule has 7 heteroatoms. The minimum absolute atomic E-state index is 0.271. The molecule has 34 heavy (non-hydrogen) atoms. The Kier molecular flexibility index (Phi) is 6.18. The van der Waals surface area contributed by atoms with Crippen LogP contribution in [0.4, 0.5) is 5.13 Å². The van der Waals surface area contributed by atoms with Crippen LogP contribution in [0.15, 0.2) is 72.9 Å². The van der Waals surface area contributed by atoms with Crippen molar-refractivity contribution in [3.8, 4) is 0 Å². The van der Waals surface area contributed by atoms with Crippen molar-refractivity contribution in [2.45, 2.75) is 25.9 Å². The Balaban J connectivity index is 1.31. The molecule has 4 aromatic rings. The van der Waals surface area contributed by atoms with Crippen LogP contribution in [0.25, 0.3) is 0 Å². The van der Waals surface area contributed by atoms with Crippen molar-refractivity contribution in [3.05, 3.63) is 116 Å². The van der Waals surface area contributed by atoms with Crippen molar-refractivity contribution in [2.24, 2.45) is 0 Å². The number of amides is 1. The number of anilines is 1. The third kappa shape index (κ3) is 4.74. The van der Waals surface area contributed by atoms with E-state index in [0.717, 1.165) is 22.4 Å². The molecule has 0 aliphatic carbocycles. The van der Waals surface area contributed by atoms with Crippen LogP contribution in [0, 0.1) is 6.92 Å². The highest BCUT2D eigenvalue weighted by molar-refractivity contribution is 7.15. The molecule has 1 aliphatic rings. The number of nitrogens with one attached hydrogen (secondary N) is 1. The number of thiazole rings is 1. The van der Waals surface area contributed by atoms with Crippen LogP contribution in [0.5, 0.6) is 0 Å². The second-order valence-electron chi connectivity index (χ2n) is 8.24. The zero-order valence-corrected chi connectivity index (χ0v) is 20.0. The molecule has 5 nitrogen and oxygen atoms in total. The van der Waals surface area contributed by atoms with Crippen LogP contribution in [-0.4, -0.2) is 16.9 Å². The summed E-state index contributed by atoms with van der Waals surface area (Å²) in [6, 6.07) is 20.7. The van der Waals surface area contributed by atoms with Gasteiger partial charge in [0, 0.05) is 40.1 Å². The van der Waals surface area contributed by atoms with E-state index < -0.39 is 12.1 Å². The standard InChI is InChI=1S/C27H21ClN2O3S/c1-16-5-4-6-17(11-16)12-20-15-29-27(34-20)30-25(31)18-9-10-21-19(13-18)14-24(33-26(21)32)22-7-2-3-8-23(22)28/h2-11,13,15,24H,12,14H2,1H3,(H,29,30,31). The number of cyclic esters (lactones) is 1. The van der Waals surface area contributed by atoms with Crippen LogP contribution in [0.3, 0.4) is 0 Å². The molecule has 1 aromatic heterocycles. The Bertz CT molecular complexity index is 1400. The first-order chi connectivity index (χ1) is 16.5. The number of benzene rings is 3. The highest BCUT2D eigenvalue weighted by atomic mass is 35.5. The molecule has 0 spiro atoms. The van der Waals surface area contributed by atoms with Crippen LogP contribution in [-0.2, 0) is 17.6 Å². The number of aromatic nitrogens is 1. The van der Waals surface area contributed by atoms with Crippen molar-refractivity contribution >= 4 is 39.9 Å². The summed E-state index contributed by atoms with van der Waals surface area (Å²) in [5.74, 6) is -0.689. The molecule has 170 valence electrons. The molecule has 0 bridgehead atoms. The minimum atomic E-state index is -0.491. The molecule has 1 N–H and O–H groups in total. The molecule has 5 rings (SSSR count). The molecule has 0 saturated carbocycles. The zero-order chi connectivity index (χ0) is 23.7. The second-order valence-corrected chi connectivity index (χ2v) is 9.77. The molecule has 0 fully saturated rings. The molecule has 1 unspecified atom stereocenters. The predicted molar refractivity (Wildman–Crippen MR) is 134 cm³/mol. The van der Waals surface area contributed by atoms with Gasteiger partial charge in [-0.05, 0) is 42.3 Å². The van der Waals surface area contributed by atoms with Crippen molar-refractivity contribution in [1.82, 2.24) is 4.98 Å². The monoisotopic (exact) mass is 488 g/mol. The van der Waals surface area contributed by atoms with E-state index in [1.807, 2.05) is 24.3 Å². The highest BCUT2D eigenvalue weighted by Crippen LogP contribution is 2.34. The third-order valence-corrected chi connectivity index (χ3v) is 6.99. The number of halogens is 1. The van der Waals surface area contributed by atoms with Gasteiger partial charge in [0.2, 0.25) is 0 Å². The minimum Gasteiger partial charge on any atom is -0.453 e. The number of esters is 1. The summed E-state index contributed by atoms with van der Waals surface area (Å²) in [5, 5.41) is 3.96. The van der Waals surface area contributed by atoms with Crippen LogP contribution < -0.4 is 5.32 Å². The summed E-state index contributed by atoms with van der Waals surface area (Å²) in [6.07, 6.45) is 2.51. The van der Waals surface area contributed by atoms with Gasteiger partial charge in [-0.2, -0.15) is 0 Å². The van der Waals surface area contributed by atoms with E-state index in [9.17, 15) is 9.59 Å². The van der Waals surface area contributed by atoms with Gasteiger partial charge in [0.25, 0.3) is 5.91 Å². The number of hydrogen-bond donors (Lipinski definition) is 1. The van der Waals surface area contributed by atoms with Gasteiger partial charge in [0.1, 0.15) is 6.10 Å².